The molecule has 0 spiro atoms. The van der Waals surface area contributed by atoms with Crippen molar-refractivity contribution in [2.75, 3.05) is 0 Å². The summed E-state index contributed by atoms with van der Waals surface area (Å²) in [6.07, 6.45) is 6.35. The Morgan fingerprint density at radius 1 is 0.615 bits per heavy atom. The molecule has 0 bridgehead atoms. The molecule has 0 aliphatic carbocycles. The third-order valence-electron chi connectivity index (χ3n) is 6.74. The van der Waals surface area contributed by atoms with Gasteiger partial charge in [0.15, 0.2) is 0 Å². The predicted molar refractivity (Wildman–Crippen MR) is 154 cm³/mol. The Balaban J connectivity index is 0.00000267. The van der Waals surface area contributed by atoms with Gasteiger partial charge in [-0.15, -0.1) is 0 Å². The number of benzene rings is 2. The van der Waals surface area contributed by atoms with Gasteiger partial charge in [0.2, 0.25) is 0 Å². The third kappa shape index (κ3) is 6.98. The first kappa shape index (κ1) is 33.5. The minimum atomic E-state index is 0. The van der Waals surface area contributed by atoms with E-state index in [0.717, 1.165) is 9.19 Å². The van der Waals surface area contributed by atoms with Crippen LogP contribution in [0.1, 0.15) is 101 Å². The van der Waals surface area contributed by atoms with E-state index in [0.29, 0.717) is 23.7 Å². The van der Waals surface area contributed by atoms with Crippen molar-refractivity contribution in [1.82, 2.24) is 14.1 Å². The van der Waals surface area contributed by atoms with Gasteiger partial charge in [-0.25, -0.2) is 0 Å². The summed E-state index contributed by atoms with van der Waals surface area (Å²) in [6, 6.07) is 17.4. The molecule has 0 aliphatic rings. The van der Waals surface area contributed by atoms with Crippen LogP contribution in [0.3, 0.4) is 0 Å². The molecule has 2 heterocycles. The number of hydrogen-bond acceptors (Lipinski definition) is 1. The van der Waals surface area contributed by atoms with E-state index in [1.54, 1.807) is 0 Å². The average Bonchev–Trinajstić information content (AvgIpc) is 3.26. The normalized spacial score (nSPS) is 11.3. The molecule has 0 atom stereocenters. The van der Waals surface area contributed by atoms with Crippen molar-refractivity contribution in [2.45, 2.75) is 79.1 Å². The monoisotopic (exact) mass is 676 g/mol. The molecule has 0 amide bonds. The van der Waals surface area contributed by atoms with E-state index in [1.165, 1.54) is 37.5 Å². The van der Waals surface area contributed by atoms with Crippen LogP contribution in [-0.2, 0) is 17.5 Å². The van der Waals surface area contributed by atoms with Crippen molar-refractivity contribution in [1.29, 1.82) is 0 Å². The first-order chi connectivity index (χ1) is 17.6. The first-order valence-corrected chi connectivity index (χ1v) is 15.1. The molecule has 39 heavy (non-hydrogen) atoms. The van der Waals surface area contributed by atoms with E-state index in [-0.39, 0.29) is 42.3 Å². The Morgan fingerprint density at radius 2 is 1.00 bits per heavy atom. The van der Waals surface area contributed by atoms with E-state index < -0.39 is 0 Å². The zero-order valence-corrected chi connectivity index (χ0v) is 27.8. The van der Waals surface area contributed by atoms with Gasteiger partial charge in [0.25, 0.3) is 0 Å². The van der Waals surface area contributed by atoms with E-state index in [9.17, 15) is 0 Å². The average molecular weight is 678 g/mol. The zero-order chi connectivity index (χ0) is 26.9. The molecule has 0 aliphatic heterocycles. The molecule has 2 aromatic heterocycles. The van der Waals surface area contributed by atoms with Crippen LogP contribution in [0.15, 0.2) is 67.1 Å². The van der Waals surface area contributed by atoms with Crippen LogP contribution in [0.2, 0.25) is 5.02 Å². The summed E-state index contributed by atoms with van der Waals surface area (Å²) < 4.78 is 6.99. The van der Waals surface area contributed by atoms with Gasteiger partial charge >= 0.3 is 236 Å². The maximum absolute atomic E-state index is 6.70. The molecular formula is C32H39Cl3N3Pd. The zero-order valence-electron chi connectivity index (χ0n) is 24.0. The number of aromatic nitrogens is 3. The number of nitrogens with zero attached hydrogens (tertiary/aromatic N) is 3. The molecule has 2 aromatic carbocycles. The Kier molecular flexibility index (Phi) is 12.3. The minimum absolute atomic E-state index is 0. The van der Waals surface area contributed by atoms with E-state index >= 15 is 0 Å². The second kappa shape index (κ2) is 14.3. The number of halogens is 3. The Labute approximate surface area is 259 Å². The molecule has 0 saturated carbocycles. The van der Waals surface area contributed by atoms with Crippen molar-refractivity contribution in [2.24, 2.45) is 0 Å². The number of imidazole rings is 1. The molecule has 4 aromatic rings. The SMILES string of the molecule is CC(C)c1cccc(C(C)C)c1-n1ccn(-c2c(C(C)C)cccc2C(C)C)[c]1=[Pd+2][c]1ncccc1Cl.[Cl-].[Cl-]. The summed E-state index contributed by atoms with van der Waals surface area (Å²) >= 11 is 6.72. The fourth-order valence-electron chi connectivity index (χ4n) is 4.82. The summed E-state index contributed by atoms with van der Waals surface area (Å²) in [5, 5.41) is 0.721. The maximum Gasteiger partial charge on any atom is -1.00 e. The smallest absolute Gasteiger partial charge is 1.00 e. The molecule has 0 saturated heterocycles. The summed E-state index contributed by atoms with van der Waals surface area (Å²) in [6.45, 7) is 18.3. The molecule has 7 heteroatoms. The van der Waals surface area contributed by atoms with Crippen LogP contribution in [0.25, 0.3) is 11.4 Å². The van der Waals surface area contributed by atoms with Gasteiger partial charge in [-0.2, -0.15) is 0 Å². The molecule has 0 unspecified atom stereocenters. The fraction of sp³-hybridized carbons (Fsp3) is 0.375. The minimum Gasteiger partial charge on any atom is -1.00 e. The summed E-state index contributed by atoms with van der Waals surface area (Å²) in [5.74, 6) is 1.60. The maximum atomic E-state index is 6.70. The van der Waals surface area contributed by atoms with Crippen molar-refractivity contribution in [3.8, 4) is 11.4 Å². The molecule has 4 rings (SSSR count). The van der Waals surface area contributed by atoms with Crippen LogP contribution >= 0.6 is 11.6 Å². The second-order valence-corrected chi connectivity index (χ2v) is 13.0. The molecule has 0 N–H and O–H groups in total. The topological polar surface area (TPSA) is 22.8 Å². The first-order valence-electron chi connectivity index (χ1n) is 13.2. The van der Waals surface area contributed by atoms with Crippen LogP contribution in [0.5, 0.6) is 0 Å². The van der Waals surface area contributed by atoms with Gasteiger partial charge in [-0.3, -0.25) is 0 Å². The van der Waals surface area contributed by atoms with Crippen LogP contribution < -0.4 is 29.0 Å². The summed E-state index contributed by atoms with van der Waals surface area (Å²) in [7, 11) is 0. The van der Waals surface area contributed by atoms with Gasteiger partial charge in [0.05, 0.1) is 0 Å². The fourth-order valence-corrected chi connectivity index (χ4v) is 6.93. The van der Waals surface area contributed by atoms with Crippen LogP contribution in [-0.4, -0.2) is 14.1 Å². The molecular weight excluding hydrogens is 639 g/mol. The molecule has 0 radical (unpaired) electrons. The van der Waals surface area contributed by atoms with E-state index in [1.807, 2.05) is 18.3 Å². The molecule has 0 fully saturated rings. The number of pyridine rings is 1. The predicted octanol–water partition coefficient (Wildman–Crippen LogP) is 2.76. The largest absolute Gasteiger partial charge is 1.00 e. The Bertz CT molecular complexity index is 1330. The molecule has 213 valence electrons. The van der Waals surface area contributed by atoms with Gasteiger partial charge in [0.1, 0.15) is 0 Å². The Morgan fingerprint density at radius 3 is 1.33 bits per heavy atom. The summed E-state index contributed by atoms with van der Waals surface area (Å²) in [4.78, 5) is 4.72. The number of rotatable bonds is 7. The van der Waals surface area contributed by atoms with Crippen molar-refractivity contribution >= 4 is 15.8 Å². The van der Waals surface area contributed by atoms with Gasteiger partial charge in [0, 0.05) is 0 Å². The van der Waals surface area contributed by atoms with Crippen molar-refractivity contribution in [3.05, 3.63) is 98.3 Å². The Hall–Kier alpha value is -1.67. The number of para-hydroxylation sites is 2. The standard InChI is InChI=1S/C27H36N2.C5H3ClN.2ClH.Pd/c1-18(2)22-11-9-12-23(19(3)4)26(22)28-15-16-29(17-28)27-24(20(5)6)13-10-14-25(27)21(7)8;6-5-2-1-3-7-4-5;;;/h9-16,18-21H,1-8H3;1-3H;2*1H;/q;;;;+2/p-2. The second-order valence-electron chi connectivity index (χ2n) is 10.8. The van der Waals surface area contributed by atoms with Crippen LogP contribution in [0, 0.1) is 3.89 Å². The number of hydrogen-bond donors (Lipinski definition) is 0. The van der Waals surface area contributed by atoms with E-state index in [4.69, 9.17) is 16.6 Å². The third-order valence-corrected chi connectivity index (χ3v) is 9.34. The quantitative estimate of drug-likeness (QED) is 0.276. The summed E-state index contributed by atoms with van der Waals surface area (Å²) in [5.41, 5.74) is 8.02. The van der Waals surface area contributed by atoms with Crippen molar-refractivity contribution < 1.29 is 42.3 Å². The van der Waals surface area contributed by atoms with Gasteiger partial charge in [-0.1, -0.05) is 0 Å². The van der Waals surface area contributed by atoms with Gasteiger partial charge in [-0.05, 0) is 0 Å². The molecule has 3 nitrogen and oxygen atoms in total. The van der Waals surface area contributed by atoms with Crippen LogP contribution in [0.4, 0.5) is 0 Å². The van der Waals surface area contributed by atoms with Crippen molar-refractivity contribution in [3.63, 3.8) is 0 Å². The van der Waals surface area contributed by atoms with E-state index in [2.05, 4.69) is 113 Å². The van der Waals surface area contributed by atoms with Gasteiger partial charge < -0.3 is 24.8 Å².